The molecule has 1 heterocycles. The number of halogens is 2. The van der Waals surface area contributed by atoms with E-state index in [1.165, 1.54) is 31.7 Å². The molecule has 26 heavy (non-hydrogen) atoms. The molecule has 8 heteroatoms. The Kier molecular flexibility index (Phi) is 4.50. The number of amides is 2. The number of carbonyl (C=O) groups is 1. The second-order valence-corrected chi connectivity index (χ2v) is 7.29. The van der Waals surface area contributed by atoms with Gasteiger partial charge in [-0.15, -0.1) is 0 Å². The summed E-state index contributed by atoms with van der Waals surface area (Å²) in [6.45, 7) is -2.87. The van der Waals surface area contributed by atoms with Gasteiger partial charge in [0.05, 0.1) is 0 Å². The lowest BCUT2D eigenvalue weighted by atomic mass is 9.83. The molecule has 0 atom stereocenters. The van der Waals surface area contributed by atoms with Crippen LogP contribution in [0.2, 0.25) is 0 Å². The van der Waals surface area contributed by atoms with Crippen LogP contribution in [0, 0.1) is 5.41 Å². The minimum atomic E-state index is -2.96. The van der Waals surface area contributed by atoms with Gasteiger partial charge in [-0.05, 0) is 50.0 Å². The van der Waals surface area contributed by atoms with E-state index in [2.05, 4.69) is 15.4 Å². The van der Waals surface area contributed by atoms with Crippen LogP contribution in [0.25, 0.3) is 0 Å². The fourth-order valence-corrected chi connectivity index (χ4v) is 3.77. The zero-order valence-electron chi connectivity index (χ0n) is 14.4. The molecule has 0 aromatic heterocycles. The van der Waals surface area contributed by atoms with Gasteiger partial charge in [0, 0.05) is 24.2 Å². The molecule has 0 unspecified atom stereocenters. The zero-order valence-corrected chi connectivity index (χ0v) is 14.4. The number of alkyl halides is 2. The molecule has 1 aromatic carbocycles. The Bertz CT molecular complexity index is 684. The molecule has 2 N–H and O–H groups in total. The van der Waals surface area contributed by atoms with Gasteiger partial charge in [-0.2, -0.15) is 8.78 Å². The molecule has 2 aliphatic carbocycles. The van der Waals surface area contributed by atoms with Crippen LogP contribution >= 0.6 is 0 Å². The van der Waals surface area contributed by atoms with Crippen molar-refractivity contribution >= 4 is 6.03 Å². The third-order valence-corrected chi connectivity index (χ3v) is 5.55. The highest BCUT2D eigenvalue weighted by Crippen LogP contribution is 2.56. The standard InChI is InChI=1S/C18H22F2N2O4/c19-16(20)26-13-8-15-14(24-10-25-15)7-11(13)9-21-17(23)22-12-1-3-18(4-2-12)5-6-18/h7-8,12,16H,1-6,9-10H2,(H2,21,22,23). The SMILES string of the molecule is O=C(NCc1cc2c(cc1OC(F)F)OCO2)NC1CCC2(CC1)CC2. The first-order valence-electron chi connectivity index (χ1n) is 8.95. The lowest BCUT2D eigenvalue weighted by Gasteiger charge is -2.29. The maximum absolute atomic E-state index is 12.6. The van der Waals surface area contributed by atoms with Crippen molar-refractivity contribution in [3.63, 3.8) is 0 Å². The summed E-state index contributed by atoms with van der Waals surface area (Å²) in [4.78, 5) is 12.2. The number of hydrogen-bond donors (Lipinski definition) is 2. The number of ether oxygens (including phenoxy) is 3. The molecular weight excluding hydrogens is 346 g/mol. The van der Waals surface area contributed by atoms with Crippen LogP contribution in [-0.2, 0) is 6.54 Å². The van der Waals surface area contributed by atoms with Gasteiger partial charge in [0.1, 0.15) is 5.75 Å². The Balaban J connectivity index is 1.33. The highest BCUT2D eigenvalue weighted by Gasteiger charge is 2.44. The Morgan fingerprint density at radius 2 is 1.88 bits per heavy atom. The van der Waals surface area contributed by atoms with E-state index in [1.807, 2.05) is 0 Å². The molecule has 3 aliphatic rings. The molecule has 1 spiro atoms. The fourth-order valence-electron chi connectivity index (χ4n) is 3.77. The van der Waals surface area contributed by atoms with E-state index in [4.69, 9.17) is 9.47 Å². The van der Waals surface area contributed by atoms with Gasteiger partial charge in [-0.1, -0.05) is 0 Å². The van der Waals surface area contributed by atoms with E-state index in [-0.39, 0.29) is 31.2 Å². The molecule has 142 valence electrons. The van der Waals surface area contributed by atoms with Gasteiger partial charge in [0.15, 0.2) is 11.5 Å². The Labute approximate surface area is 150 Å². The first kappa shape index (κ1) is 17.2. The van der Waals surface area contributed by atoms with E-state index < -0.39 is 6.61 Å². The molecule has 4 rings (SSSR count). The molecular formula is C18H22F2N2O4. The number of carbonyl (C=O) groups excluding carboxylic acids is 1. The third kappa shape index (κ3) is 3.78. The van der Waals surface area contributed by atoms with Crippen LogP contribution in [0.1, 0.15) is 44.1 Å². The number of hydrogen-bond acceptors (Lipinski definition) is 4. The Morgan fingerprint density at radius 1 is 1.19 bits per heavy atom. The molecule has 1 aliphatic heterocycles. The number of rotatable bonds is 5. The number of nitrogens with one attached hydrogen (secondary N) is 2. The highest BCUT2D eigenvalue weighted by atomic mass is 19.3. The second kappa shape index (κ2) is 6.81. The van der Waals surface area contributed by atoms with Crippen LogP contribution in [0.3, 0.4) is 0 Å². The summed E-state index contributed by atoms with van der Waals surface area (Å²) in [6, 6.07) is 2.79. The van der Waals surface area contributed by atoms with E-state index in [0.717, 1.165) is 12.8 Å². The molecule has 6 nitrogen and oxygen atoms in total. The first-order valence-corrected chi connectivity index (χ1v) is 8.95. The highest BCUT2D eigenvalue weighted by molar-refractivity contribution is 5.74. The number of benzene rings is 1. The average Bonchev–Trinajstić information content (AvgIpc) is 3.20. The van der Waals surface area contributed by atoms with Crippen molar-refractivity contribution in [1.29, 1.82) is 0 Å². The monoisotopic (exact) mass is 368 g/mol. The Hall–Kier alpha value is -2.25. The maximum atomic E-state index is 12.6. The third-order valence-electron chi connectivity index (χ3n) is 5.55. The minimum absolute atomic E-state index is 0.0297. The van der Waals surface area contributed by atoms with Gasteiger partial charge in [-0.25, -0.2) is 4.79 Å². The van der Waals surface area contributed by atoms with E-state index in [1.54, 1.807) is 6.07 Å². The van der Waals surface area contributed by atoms with Gasteiger partial charge in [0.25, 0.3) is 0 Å². The average molecular weight is 368 g/mol. The largest absolute Gasteiger partial charge is 0.454 e. The summed E-state index contributed by atoms with van der Waals surface area (Å²) in [5.41, 5.74) is 0.980. The molecule has 0 saturated heterocycles. The first-order chi connectivity index (χ1) is 12.5. The molecule has 0 radical (unpaired) electrons. The van der Waals surface area contributed by atoms with Crippen molar-refractivity contribution in [2.24, 2.45) is 5.41 Å². The van der Waals surface area contributed by atoms with Crippen LogP contribution in [-0.4, -0.2) is 25.5 Å². The van der Waals surface area contributed by atoms with Crippen LogP contribution in [0.15, 0.2) is 12.1 Å². The second-order valence-electron chi connectivity index (χ2n) is 7.29. The predicted octanol–water partition coefficient (Wildman–Crippen LogP) is 3.54. The van der Waals surface area contributed by atoms with Crippen molar-refractivity contribution in [3.8, 4) is 17.2 Å². The molecule has 0 bridgehead atoms. The van der Waals surface area contributed by atoms with Crippen LogP contribution in [0.4, 0.5) is 13.6 Å². The molecule has 2 saturated carbocycles. The maximum Gasteiger partial charge on any atom is 0.387 e. The van der Waals surface area contributed by atoms with Crippen molar-refractivity contribution in [3.05, 3.63) is 17.7 Å². The van der Waals surface area contributed by atoms with E-state index in [0.29, 0.717) is 22.5 Å². The van der Waals surface area contributed by atoms with Crippen LogP contribution < -0.4 is 24.8 Å². The number of urea groups is 1. The van der Waals surface area contributed by atoms with Gasteiger partial charge < -0.3 is 24.8 Å². The van der Waals surface area contributed by atoms with Crippen molar-refractivity contribution in [1.82, 2.24) is 10.6 Å². The molecule has 2 amide bonds. The summed E-state index contributed by atoms with van der Waals surface area (Å²) in [5, 5.41) is 5.69. The summed E-state index contributed by atoms with van der Waals surface area (Å²) < 4.78 is 40.2. The van der Waals surface area contributed by atoms with Crippen molar-refractivity contribution < 1.29 is 27.8 Å². The molecule has 1 aromatic rings. The number of fused-ring (bicyclic) bond motifs is 1. The lowest BCUT2D eigenvalue weighted by molar-refractivity contribution is -0.0505. The lowest BCUT2D eigenvalue weighted by Crippen LogP contribution is -2.43. The van der Waals surface area contributed by atoms with Gasteiger partial charge in [-0.3, -0.25) is 0 Å². The summed E-state index contributed by atoms with van der Waals surface area (Å²) in [6.07, 6.45) is 6.99. The fraction of sp³-hybridized carbons (Fsp3) is 0.611. The zero-order chi connectivity index (χ0) is 18.1. The van der Waals surface area contributed by atoms with E-state index >= 15 is 0 Å². The predicted molar refractivity (Wildman–Crippen MR) is 88.5 cm³/mol. The Morgan fingerprint density at radius 3 is 2.54 bits per heavy atom. The topological polar surface area (TPSA) is 68.8 Å². The normalized spacial score (nSPS) is 20.3. The summed E-state index contributed by atoms with van der Waals surface area (Å²) in [5.74, 6) is 0.772. The smallest absolute Gasteiger partial charge is 0.387 e. The quantitative estimate of drug-likeness (QED) is 0.834. The minimum Gasteiger partial charge on any atom is -0.454 e. The van der Waals surface area contributed by atoms with Crippen LogP contribution in [0.5, 0.6) is 17.2 Å². The van der Waals surface area contributed by atoms with Gasteiger partial charge >= 0.3 is 12.6 Å². The molecule has 2 fully saturated rings. The summed E-state index contributed by atoms with van der Waals surface area (Å²) >= 11 is 0. The van der Waals surface area contributed by atoms with Crippen molar-refractivity contribution in [2.45, 2.75) is 57.7 Å². The van der Waals surface area contributed by atoms with E-state index in [9.17, 15) is 13.6 Å². The summed E-state index contributed by atoms with van der Waals surface area (Å²) in [7, 11) is 0. The van der Waals surface area contributed by atoms with Gasteiger partial charge in [0.2, 0.25) is 6.79 Å². The van der Waals surface area contributed by atoms with Crippen molar-refractivity contribution in [2.75, 3.05) is 6.79 Å².